The predicted octanol–water partition coefficient (Wildman–Crippen LogP) is 4.32. The summed E-state index contributed by atoms with van der Waals surface area (Å²) >= 11 is 5.89. The largest absolute Gasteiger partial charge is 0.340 e. The Morgan fingerprint density at radius 1 is 1.08 bits per heavy atom. The second kappa shape index (κ2) is 8.27. The zero-order valence-electron chi connectivity index (χ0n) is 14.6. The average molecular weight is 381 g/mol. The summed E-state index contributed by atoms with van der Waals surface area (Å²) in [6.45, 7) is 5.22. The van der Waals surface area contributed by atoms with Gasteiger partial charge < -0.3 is 10.6 Å². The lowest BCUT2D eigenvalue weighted by Gasteiger charge is -2.22. The van der Waals surface area contributed by atoms with Crippen molar-refractivity contribution in [1.29, 1.82) is 0 Å². The van der Waals surface area contributed by atoms with Crippen molar-refractivity contribution in [2.24, 2.45) is 5.92 Å². The monoisotopic (exact) mass is 380 g/mol. The quantitative estimate of drug-likeness (QED) is 0.811. The molecule has 0 saturated heterocycles. The van der Waals surface area contributed by atoms with Gasteiger partial charge in [0.1, 0.15) is 23.2 Å². The lowest BCUT2D eigenvalue weighted by atomic mass is 10.0. The van der Waals surface area contributed by atoms with Gasteiger partial charge in [0, 0.05) is 10.7 Å². The number of anilines is 1. The lowest BCUT2D eigenvalue weighted by molar-refractivity contribution is -0.118. The first-order valence-corrected chi connectivity index (χ1v) is 8.40. The Morgan fingerprint density at radius 3 is 2.23 bits per heavy atom. The van der Waals surface area contributed by atoms with Gasteiger partial charge >= 0.3 is 0 Å². The van der Waals surface area contributed by atoms with E-state index in [-0.39, 0.29) is 5.92 Å². The highest BCUT2D eigenvalue weighted by atomic mass is 35.5. The number of benzene rings is 2. The first-order valence-electron chi connectivity index (χ1n) is 8.02. The molecule has 0 aliphatic heterocycles. The first kappa shape index (κ1) is 19.8. The van der Waals surface area contributed by atoms with Gasteiger partial charge in [0.2, 0.25) is 5.91 Å². The molecule has 4 nitrogen and oxygen atoms in total. The molecule has 0 unspecified atom stereocenters. The van der Waals surface area contributed by atoms with Gasteiger partial charge in [-0.1, -0.05) is 31.5 Å². The smallest absolute Gasteiger partial charge is 0.257 e. The van der Waals surface area contributed by atoms with Crippen molar-refractivity contribution < 1.29 is 18.4 Å². The summed E-state index contributed by atoms with van der Waals surface area (Å²) in [5.74, 6) is -3.75. The Kier molecular flexibility index (Phi) is 6.32. The van der Waals surface area contributed by atoms with Crippen LogP contribution in [0.4, 0.5) is 14.5 Å². The molecule has 2 rings (SSSR count). The maximum atomic E-state index is 13.8. The zero-order valence-corrected chi connectivity index (χ0v) is 15.3. The van der Waals surface area contributed by atoms with E-state index in [1.807, 2.05) is 0 Å². The molecule has 138 valence electrons. The van der Waals surface area contributed by atoms with E-state index in [0.29, 0.717) is 10.7 Å². The van der Waals surface area contributed by atoms with Gasteiger partial charge in [-0.2, -0.15) is 0 Å². The number of carbonyl (C=O) groups excluding carboxylic acids is 2. The minimum absolute atomic E-state index is 0.304. The van der Waals surface area contributed by atoms with Crippen molar-refractivity contribution in [3.8, 4) is 0 Å². The summed E-state index contributed by atoms with van der Waals surface area (Å²) in [5, 5.41) is 5.65. The number of rotatable bonds is 5. The average Bonchev–Trinajstić information content (AvgIpc) is 2.54. The summed E-state index contributed by atoms with van der Waals surface area (Å²) in [6.07, 6.45) is 0. The SMILES string of the molecule is Cc1cc(Cl)ccc1NC(=O)[C@@H](NC(=O)c1c(F)cccc1F)C(C)C. The van der Waals surface area contributed by atoms with Crippen molar-refractivity contribution in [3.05, 3.63) is 64.2 Å². The van der Waals surface area contributed by atoms with Crippen LogP contribution in [-0.2, 0) is 4.79 Å². The topological polar surface area (TPSA) is 58.2 Å². The highest BCUT2D eigenvalue weighted by Gasteiger charge is 2.27. The molecule has 0 heterocycles. The highest BCUT2D eigenvalue weighted by Crippen LogP contribution is 2.20. The summed E-state index contributed by atoms with van der Waals surface area (Å²) in [4.78, 5) is 24.9. The van der Waals surface area contributed by atoms with Crippen LogP contribution >= 0.6 is 11.6 Å². The van der Waals surface area contributed by atoms with Crippen molar-refractivity contribution in [2.75, 3.05) is 5.32 Å². The van der Waals surface area contributed by atoms with E-state index in [4.69, 9.17) is 11.6 Å². The van der Waals surface area contributed by atoms with Gasteiger partial charge in [-0.15, -0.1) is 0 Å². The van der Waals surface area contributed by atoms with Crippen LogP contribution in [0, 0.1) is 24.5 Å². The number of aryl methyl sites for hydroxylation is 1. The molecule has 0 aromatic heterocycles. The Bertz CT molecular complexity index is 820. The van der Waals surface area contributed by atoms with Gasteiger partial charge in [0.15, 0.2) is 0 Å². The third-order valence-electron chi connectivity index (χ3n) is 3.87. The van der Waals surface area contributed by atoms with E-state index in [0.717, 1.165) is 23.8 Å². The number of carbonyl (C=O) groups is 2. The highest BCUT2D eigenvalue weighted by molar-refractivity contribution is 6.30. The third kappa shape index (κ3) is 4.58. The molecule has 0 fully saturated rings. The molecular formula is C19H19ClF2N2O2. The number of amides is 2. The molecule has 0 aliphatic rings. The van der Waals surface area contributed by atoms with E-state index in [1.165, 1.54) is 0 Å². The molecule has 0 radical (unpaired) electrons. The van der Waals surface area contributed by atoms with Gasteiger partial charge in [-0.05, 0) is 48.7 Å². The van der Waals surface area contributed by atoms with E-state index >= 15 is 0 Å². The van der Waals surface area contributed by atoms with Crippen LogP contribution in [0.1, 0.15) is 29.8 Å². The van der Waals surface area contributed by atoms with Crippen molar-refractivity contribution in [2.45, 2.75) is 26.8 Å². The van der Waals surface area contributed by atoms with Crippen LogP contribution in [0.3, 0.4) is 0 Å². The molecule has 2 amide bonds. The van der Waals surface area contributed by atoms with Gasteiger partial charge in [-0.25, -0.2) is 8.78 Å². The number of hydrogen-bond acceptors (Lipinski definition) is 2. The number of nitrogens with one attached hydrogen (secondary N) is 2. The van der Waals surface area contributed by atoms with Crippen LogP contribution < -0.4 is 10.6 Å². The van der Waals surface area contributed by atoms with Gasteiger partial charge in [-0.3, -0.25) is 9.59 Å². The van der Waals surface area contributed by atoms with Gasteiger partial charge in [0.25, 0.3) is 5.91 Å². The number of hydrogen-bond donors (Lipinski definition) is 2. The fourth-order valence-electron chi connectivity index (χ4n) is 2.44. The number of halogens is 3. The van der Waals surface area contributed by atoms with E-state index in [1.54, 1.807) is 39.0 Å². The second-order valence-corrected chi connectivity index (χ2v) is 6.68. The molecule has 0 saturated carbocycles. The van der Waals surface area contributed by atoms with Crippen LogP contribution in [0.2, 0.25) is 5.02 Å². The normalized spacial score (nSPS) is 12.0. The van der Waals surface area contributed by atoms with Crippen molar-refractivity contribution in [3.63, 3.8) is 0 Å². The molecule has 0 aliphatic carbocycles. The Morgan fingerprint density at radius 2 is 1.69 bits per heavy atom. The molecule has 1 atom stereocenters. The zero-order chi connectivity index (χ0) is 19.4. The molecule has 7 heteroatoms. The Balaban J connectivity index is 2.20. The van der Waals surface area contributed by atoms with Crippen LogP contribution in [-0.4, -0.2) is 17.9 Å². The first-order chi connectivity index (χ1) is 12.2. The van der Waals surface area contributed by atoms with Crippen LogP contribution in [0.15, 0.2) is 36.4 Å². The van der Waals surface area contributed by atoms with Crippen LogP contribution in [0.5, 0.6) is 0 Å². The predicted molar refractivity (Wildman–Crippen MR) is 97.3 cm³/mol. The molecule has 2 aromatic rings. The molecule has 26 heavy (non-hydrogen) atoms. The summed E-state index contributed by atoms with van der Waals surface area (Å²) in [6, 6.07) is 7.12. The Labute approximate surface area is 155 Å². The third-order valence-corrected chi connectivity index (χ3v) is 4.11. The molecule has 0 bridgehead atoms. The van der Waals surface area contributed by atoms with Crippen molar-refractivity contribution >= 4 is 29.1 Å². The second-order valence-electron chi connectivity index (χ2n) is 6.24. The molecule has 2 N–H and O–H groups in total. The van der Waals surface area contributed by atoms with Gasteiger partial charge in [0.05, 0.1) is 0 Å². The fourth-order valence-corrected chi connectivity index (χ4v) is 2.67. The summed E-state index contributed by atoms with van der Waals surface area (Å²) in [5.41, 5.74) is 0.574. The van der Waals surface area contributed by atoms with Crippen molar-refractivity contribution in [1.82, 2.24) is 5.32 Å². The fraction of sp³-hybridized carbons (Fsp3) is 0.263. The van der Waals surface area contributed by atoms with Crippen LogP contribution in [0.25, 0.3) is 0 Å². The molecular weight excluding hydrogens is 362 g/mol. The maximum absolute atomic E-state index is 13.8. The van der Waals surface area contributed by atoms with E-state index < -0.39 is 35.1 Å². The minimum atomic E-state index is -0.987. The standard InChI is InChI=1S/C19H19ClF2N2O2/c1-10(2)17(19(26)23-15-8-7-12(20)9-11(15)3)24-18(25)16-13(21)5-4-6-14(16)22/h4-10,17H,1-3H3,(H,23,26)(H,24,25)/t17-/m0/s1. The Hall–Kier alpha value is -2.47. The molecule has 2 aromatic carbocycles. The lowest BCUT2D eigenvalue weighted by Crippen LogP contribution is -2.47. The minimum Gasteiger partial charge on any atom is -0.340 e. The van der Waals surface area contributed by atoms with E-state index in [2.05, 4.69) is 10.6 Å². The molecule has 0 spiro atoms. The summed E-state index contributed by atoms with van der Waals surface area (Å²) in [7, 11) is 0. The summed E-state index contributed by atoms with van der Waals surface area (Å²) < 4.78 is 27.6. The van der Waals surface area contributed by atoms with E-state index in [9.17, 15) is 18.4 Å². The maximum Gasteiger partial charge on any atom is 0.257 e.